The van der Waals surface area contributed by atoms with Gasteiger partial charge >= 0.3 is 11.9 Å². The SMILES string of the molecule is CC(C)(N)CCc1cc(C(=O)O)cc(C(=O)O)c1. The second-order valence-corrected chi connectivity index (χ2v) is 5.02. The van der Waals surface area contributed by atoms with E-state index in [1.54, 1.807) is 0 Å². The van der Waals surface area contributed by atoms with Gasteiger partial charge in [0, 0.05) is 5.54 Å². The molecule has 0 bridgehead atoms. The third-order valence-corrected chi connectivity index (χ3v) is 2.54. The van der Waals surface area contributed by atoms with Crippen LogP contribution >= 0.6 is 0 Å². The van der Waals surface area contributed by atoms with Crippen LogP contribution in [0.25, 0.3) is 0 Å². The van der Waals surface area contributed by atoms with E-state index in [0.29, 0.717) is 18.4 Å². The van der Waals surface area contributed by atoms with Crippen LogP contribution in [0.2, 0.25) is 0 Å². The fraction of sp³-hybridized carbons (Fsp3) is 0.385. The molecule has 0 atom stereocenters. The minimum absolute atomic E-state index is 0.0141. The molecule has 0 amide bonds. The maximum Gasteiger partial charge on any atom is 0.335 e. The molecule has 5 heteroatoms. The molecule has 4 N–H and O–H groups in total. The molecule has 0 fully saturated rings. The molecule has 5 nitrogen and oxygen atoms in total. The van der Waals surface area contributed by atoms with Crippen LogP contribution in [0.1, 0.15) is 46.5 Å². The van der Waals surface area contributed by atoms with E-state index in [1.807, 2.05) is 13.8 Å². The van der Waals surface area contributed by atoms with Gasteiger partial charge in [0.05, 0.1) is 11.1 Å². The fourth-order valence-electron chi connectivity index (χ4n) is 1.55. The van der Waals surface area contributed by atoms with Crippen LogP contribution in [0.3, 0.4) is 0 Å². The van der Waals surface area contributed by atoms with Crippen molar-refractivity contribution in [3.05, 3.63) is 34.9 Å². The van der Waals surface area contributed by atoms with Gasteiger partial charge in [0.2, 0.25) is 0 Å². The average Bonchev–Trinajstić information content (AvgIpc) is 2.25. The molecular formula is C13H17NO4. The van der Waals surface area contributed by atoms with Crippen molar-refractivity contribution in [3.8, 4) is 0 Å². The van der Waals surface area contributed by atoms with Gasteiger partial charge in [0.15, 0.2) is 0 Å². The largest absolute Gasteiger partial charge is 0.478 e. The molecule has 0 aliphatic rings. The Labute approximate surface area is 105 Å². The minimum Gasteiger partial charge on any atom is -0.478 e. The summed E-state index contributed by atoms with van der Waals surface area (Å²) in [6.07, 6.45) is 1.19. The van der Waals surface area contributed by atoms with Gasteiger partial charge in [-0.1, -0.05) is 0 Å². The third kappa shape index (κ3) is 4.18. The summed E-state index contributed by atoms with van der Waals surface area (Å²) in [5.41, 5.74) is 6.12. The number of hydrogen-bond donors (Lipinski definition) is 3. The Bertz CT molecular complexity index is 442. The highest BCUT2D eigenvalue weighted by molar-refractivity contribution is 5.94. The molecule has 0 radical (unpaired) electrons. The number of carbonyl (C=O) groups is 2. The van der Waals surface area contributed by atoms with Crippen LogP contribution in [0.5, 0.6) is 0 Å². The first-order valence-electron chi connectivity index (χ1n) is 5.58. The van der Waals surface area contributed by atoms with E-state index in [4.69, 9.17) is 15.9 Å². The van der Waals surface area contributed by atoms with Gasteiger partial charge in [-0.15, -0.1) is 0 Å². The number of nitrogens with two attached hydrogens (primary N) is 1. The van der Waals surface area contributed by atoms with Crippen LogP contribution in [0.15, 0.2) is 18.2 Å². The first kappa shape index (κ1) is 14.2. The summed E-state index contributed by atoms with van der Waals surface area (Å²) in [6.45, 7) is 3.73. The van der Waals surface area contributed by atoms with Gasteiger partial charge in [0.25, 0.3) is 0 Å². The molecule has 1 aromatic carbocycles. The van der Waals surface area contributed by atoms with Crippen molar-refractivity contribution in [2.45, 2.75) is 32.2 Å². The minimum atomic E-state index is -1.13. The Balaban J connectivity index is 3.04. The van der Waals surface area contributed by atoms with Crippen molar-refractivity contribution >= 4 is 11.9 Å². The molecule has 0 spiro atoms. The molecule has 0 heterocycles. The highest BCUT2D eigenvalue weighted by atomic mass is 16.4. The second kappa shape index (κ2) is 5.18. The van der Waals surface area contributed by atoms with Gasteiger partial charge in [-0.3, -0.25) is 0 Å². The normalized spacial score (nSPS) is 11.3. The van der Waals surface area contributed by atoms with Gasteiger partial charge in [0.1, 0.15) is 0 Å². The molecule has 1 aromatic rings. The molecule has 98 valence electrons. The van der Waals surface area contributed by atoms with Crippen molar-refractivity contribution in [2.75, 3.05) is 0 Å². The zero-order chi connectivity index (χ0) is 13.9. The van der Waals surface area contributed by atoms with Crippen LogP contribution in [-0.2, 0) is 6.42 Å². The van der Waals surface area contributed by atoms with Crippen LogP contribution < -0.4 is 5.73 Å². The van der Waals surface area contributed by atoms with Crippen molar-refractivity contribution in [3.63, 3.8) is 0 Å². The van der Waals surface area contributed by atoms with E-state index >= 15 is 0 Å². The predicted molar refractivity (Wildman–Crippen MR) is 66.9 cm³/mol. The van der Waals surface area contributed by atoms with E-state index in [9.17, 15) is 9.59 Å². The highest BCUT2D eigenvalue weighted by Crippen LogP contribution is 2.15. The second-order valence-electron chi connectivity index (χ2n) is 5.02. The first-order valence-corrected chi connectivity index (χ1v) is 5.58. The molecule has 0 aliphatic carbocycles. The molecule has 1 rings (SSSR count). The number of carboxylic acid groups (broad SMARTS) is 2. The van der Waals surface area contributed by atoms with Gasteiger partial charge in [-0.2, -0.15) is 0 Å². The molecule has 0 aromatic heterocycles. The van der Waals surface area contributed by atoms with Crippen LogP contribution in [0.4, 0.5) is 0 Å². The summed E-state index contributed by atoms with van der Waals surface area (Å²) in [5.74, 6) is -2.27. The number of hydrogen-bond acceptors (Lipinski definition) is 3. The van der Waals surface area contributed by atoms with E-state index in [-0.39, 0.29) is 16.7 Å². The van der Waals surface area contributed by atoms with Gasteiger partial charge in [-0.05, 0) is 50.5 Å². The third-order valence-electron chi connectivity index (χ3n) is 2.54. The number of aryl methyl sites for hydroxylation is 1. The van der Waals surface area contributed by atoms with Crippen LogP contribution in [-0.4, -0.2) is 27.7 Å². The van der Waals surface area contributed by atoms with Crippen molar-refractivity contribution in [2.24, 2.45) is 5.73 Å². The highest BCUT2D eigenvalue weighted by Gasteiger charge is 2.14. The first-order chi connectivity index (χ1) is 8.19. The van der Waals surface area contributed by atoms with Gasteiger partial charge < -0.3 is 15.9 Å². The summed E-state index contributed by atoms with van der Waals surface area (Å²) in [5, 5.41) is 17.9. The number of carboxylic acids is 2. The van der Waals surface area contributed by atoms with Crippen molar-refractivity contribution in [1.82, 2.24) is 0 Å². The van der Waals surface area contributed by atoms with E-state index < -0.39 is 11.9 Å². The molecule has 0 aliphatic heterocycles. The lowest BCUT2D eigenvalue weighted by Crippen LogP contribution is -2.32. The Hall–Kier alpha value is -1.88. The molecule has 0 saturated heterocycles. The lowest BCUT2D eigenvalue weighted by atomic mass is 9.94. The van der Waals surface area contributed by atoms with Crippen molar-refractivity contribution in [1.29, 1.82) is 0 Å². The summed E-state index contributed by atoms with van der Waals surface area (Å²) >= 11 is 0. The molecule has 18 heavy (non-hydrogen) atoms. The molecular weight excluding hydrogens is 234 g/mol. The van der Waals surface area contributed by atoms with E-state index in [1.165, 1.54) is 12.1 Å². The monoisotopic (exact) mass is 251 g/mol. The predicted octanol–water partition coefficient (Wildman–Crippen LogP) is 1.75. The zero-order valence-corrected chi connectivity index (χ0v) is 10.4. The van der Waals surface area contributed by atoms with E-state index in [0.717, 1.165) is 6.07 Å². The summed E-state index contributed by atoms with van der Waals surface area (Å²) < 4.78 is 0. The Morgan fingerprint density at radius 1 is 1.11 bits per heavy atom. The number of benzene rings is 1. The lowest BCUT2D eigenvalue weighted by Gasteiger charge is -2.18. The van der Waals surface area contributed by atoms with Crippen LogP contribution in [0, 0.1) is 0 Å². The molecule has 0 unspecified atom stereocenters. The maximum absolute atomic E-state index is 10.9. The van der Waals surface area contributed by atoms with Crippen molar-refractivity contribution < 1.29 is 19.8 Å². The van der Waals surface area contributed by atoms with E-state index in [2.05, 4.69) is 0 Å². The smallest absolute Gasteiger partial charge is 0.335 e. The standard InChI is InChI=1S/C13H17NO4/c1-13(2,14)4-3-8-5-9(11(15)16)7-10(6-8)12(17)18/h5-7H,3-4,14H2,1-2H3,(H,15,16)(H,17,18). The van der Waals surface area contributed by atoms with Gasteiger partial charge in [-0.25, -0.2) is 9.59 Å². The Morgan fingerprint density at radius 3 is 1.89 bits per heavy atom. The zero-order valence-electron chi connectivity index (χ0n) is 10.4. The topological polar surface area (TPSA) is 101 Å². The maximum atomic E-state index is 10.9. The quantitative estimate of drug-likeness (QED) is 0.740. The average molecular weight is 251 g/mol. The summed E-state index contributed by atoms with van der Waals surface area (Å²) in [6, 6.07) is 4.13. The summed E-state index contributed by atoms with van der Waals surface area (Å²) in [4.78, 5) is 21.8. The summed E-state index contributed by atoms with van der Waals surface area (Å²) in [7, 11) is 0. The fourth-order valence-corrected chi connectivity index (χ4v) is 1.55. The Kier molecular flexibility index (Phi) is 4.08. The Morgan fingerprint density at radius 2 is 1.56 bits per heavy atom. The number of rotatable bonds is 5. The molecule has 0 saturated carbocycles. The number of aromatic carboxylic acids is 2. The lowest BCUT2D eigenvalue weighted by molar-refractivity contribution is 0.0696.